The number of ether oxygens (including phenoxy) is 4. The molecule has 0 aromatic heterocycles. The quantitative estimate of drug-likeness (QED) is 0.295. The number of methoxy groups -OCH3 is 2. The summed E-state index contributed by atoms with van der Waals surface area (Å²) in [5, 5.41) is 0. The number of hydrogen-bond acceptors (Lipinski definition) is 5. The first-order valence-electron chi connectivity index (χ1n) is 9.63. The first kappa shape index (κ1) is 24.1. The molecule has 6 heteroatoms. The van der Waals surface area contributed by atoms with Gasteiger partial charge >= 0.3 is 5.97 Å². The molecule has 0 saturated carbocycles. The van der Waals surface area contributed by atoms with Crippen molar-refractivity contribution >= 4 is 14.0 Å². The van der Waals surface area contributed by atoms with E-state index in [0.717, 1.165) is 11.6 Å². The summed E-state index contributed by atoms with van der Waals surface area (Å²) < 4.78 is 22.8. The van der Waals surface area contributed by atoms with E-state index in [0.29, 0.717) is 23.7 Å². The summed E-state index contributed by atoms with van der Waals surface area (Å²) >= 11 is 0. The third-order valence-electron chi connectivity index (χ3n) is 4.38. The van der Waals surface area contributed by atoms with Crippen molar-refractivity contribution in [1.29, 1.82) is 0 Å². The minimum atomic E-state index is -1.15. The van der Waals surface area contributed by atoms with Crippen LogP contribution in [0.15, 0.2) is 24.3 Å². The van der Waals surface area contributed by atoms with Gasteiger partial charge in [-0.15, -0.1) is 0 Å². The first-order chi connectivity index (χ1) is 12.9. The van der Waals surface area contributed by atoms with Gasteiger partial charge in [-0.25, -0.2) is 0 Å². The van der Waals surface area contributed by atoms with Crippen molar-refractivity contribution < 1.29 is 23.7 Å². The fourth-order valence-electron chi connectivity index (χ4n) is 2.78. The minimum Gasteiger partial charge on any atom is -0.496 e. The normalized spacial score (nSPS) is 13.3. The molecule has 0 N–H and O–H groups in total. The van der Waals surface area contributed by atoms with E-state index in [4.69, 9.17) is 18.9 Å². The van der Waals surface area contributed by atoms with Crippen molar-refractivity contribution in [2.45, 2.75) is 71.5 Å². The van der Waals surface area contributed by atoms with Crippen LogP contribution in [-0.4, -0.2) is 40.0 Å². The smallest absolute Gasteiger partial charge is 0.303 e. The fraction of sp³-hybridized carbons (Fsp3) is 0.591. The zero-order chi connectivity index (χ0) is 21.5. The Hall–Kier alpha value is -1.95. The molecule has 0 bridgehead atoms. The molecule has 0 amide bonds. The van der Waals surface area contributed by atoms with Crippen LogP contribution in [0.1, 0.15) is 32.8 Å². The number of aryl methyl sites for hydroxylation is 1. The van der Waals surface area contributed by atoms with Gasteiger partial charge in [0.25, 0.3) is 0 Å². The maximum atomic E-state index is 11.7. The predicted octanol–water partition coefficient (Wildman–Crippen LogP) is 5.39. The lowest BCUT2D eigenvalue weighted by molar-refractivity contribution is -0.156. The zero-order valence-electron chi connectivity index (χ0n) is 18.8. The Morgan fingerprint density at radius 2 is 1.68 bits per heavy atom. The zero-order valence-corrected chi connectivity index (χ0v) is 19.8. The Labute approximate surface area is 171 Å². The topological polar surface area (TPSA) is 54.0 Å². The number of carbonyl (C=O) groups excluding carboxylic acids is 1. The highest BCUT2D eigenvalue weighted by molar-refractivity contribution is 6.76. The summed E-state index contributed by atoms with van der Waals surface area (Å²) in [6.07, 6.45) is 4.43. The van der Waals surface area contributed by atoms with Crippen LogP contribution in [-0.2, 0) is 9.53 Å². The van der Waals surface area contributed by atoms with E-state index in [1.807, 2.05) is 32.9 Å². The molecule has 158 valence electrons. The van der Waals surface area contributed by atoms with Crippen LogP contribution in [0.2, 0.25) is 25.7 Å². The van der Waals surface area contributed by atoms with Crippen LogP contribution in [0.3, 0.4) is 0 Å². The van der Waals surface area contributed by atoms with E-state index in [1.54, 1.807) is 14.2 Å². The van der Waals surface area contributed by atoms with Gasteiger partial charge in [-0.1, -0.05) is 31.8 Å². The Balaban J connectivity index is 3.08. The fourth-order valence-corrected chi connectivity index (χ4v) is 3.66. The van der Waals surface area contributed by atoms with Crippen LogP contribution < -0.4 is 14.2 Å². The third-order valence-corrected chi connectivity index (χ3v) is 5.85. The standard InChI is InChI=1S/C22H36O5Si/c1-16-14-19(25-6)20(15-18(16)24-5)27-22(3,4)21(26-17(2)23)12-10-11-13-28(7,8)9/h10-11,14-15,21H,12-13H2,1-9H3/b11-10-/t21-/m0/s1. The molecule has 5 nitrogen and oxygen atoms in total. The molecule has 28 heavy (non-hydrogen) atoms. The molecule has 0 spiro atoms. The lowest BCUT2D eigenvalue weighted by Crippen LogP contribution is -2.44. The van der Waals surface area contributed by atoms with Crippen molar-refractivity contribution in [3.05, 3.63) is 29.8 Å². The minimum absolute atomic E-state index is 0.325. The maximum Gasteiger partial charge on any atom is 0.303 e. The summed E-state index contributed by atoms with van der Waals surface area (Å²) in [5.74, 6) is 1.56. The monoisotopic (exact) mass is 408 g/mol. The molecular weight excluding hydrogens is 372 g/mol. The number of carbonyl (C=O) groups is 1. The second-order valence-corrected chi connectivity index (χ2v) is 14.3. The van der Waals surface area contributed by atoms with Crippen molar-refractivity contribution in [2.75, 3.05) is 14.2 Å². The average molecular weight is 409 g/mol. The van der Waals surface area contributed by atoms with Gasteiger partial charge in [0, 0.05) is 27.5 Å². The second kappa shape index (κ2) is 10.0. The summed E-state index contributed by atoms with van der Waals surface area (Å²) in [4.78, 5) is 11.7. The van der Waals surface area contributed by atoms with E-state index >= 15 is 0 Å². The number of benzene rings is 1. The number of hydrogen-bond donors (Lipinski definition) is 0. The van der Waals surface area contributed by atoms with Gasteiger partial charge < -0.3 is 18.9 Å². The Morgan fingerprint density at radius 3 is 2.18 bits per heavy atom. The van der Waals surface area contributed by atoms with Crippen molar-refractivity contribution in [2.24, 2.45) is 0 Å². The number of allylic oxidation sites excluding steroid dienone is 1. The van der Waals surface area contributed by atoms with Gasteiger partial charge in [0.15, 0.2) is 11.5 Å². The number of esters is 1. The average Bonchev–Trinajstić information content (AvgIpc) is 2.57. The molecule has 0 fully saturated rings. The van der Waals surface area contributed by atoms with E-state index in [9.17, 15) is 4.79 Å². The lowest BCUT2D eigenvalue weighted by atomic mass is 9.97. The van der Waals surface area contributed by atoms with Gasteiger partial charge in [0.2, 0.25) is 0 Å². The predicted molar refractivity (Wildman–Crippen MR) is 116 cm³/mol. The van der Waals surface area contributed by atoms with Crippen LogP contribution in [0.25, 0.3) is 0 Å². The highest BCUT2D eigenvalue weighted by Gasteiger charge is 2.34. The van der Waals surface area contributed by atoms with Crippen LogP contribution >= 0.6 is 0 Å². The molecule has 0 heterocycles. The summed E-state index contributed by atoms with van der Waals surface area (Å²) in [6.45, 7) is 14.2. The van der Waals surface area contributed by atoms with Crippen molar-refractivity contribution in [3.8, 4) is 17.2 Å². The second-order valence-electron chi connectivity index (χ2n) is 8.75. The molecule has 1 aromatic carbocycles. The van der Waals surface area contributed by atoms with E-state index in [1.165, 1.54) is 6.92 Å². The third kappa shape index (κ3) is 7.58. The Morgan fingerprint density at radius 1 is 1.07 bits per heavy atom. The molecular formula is C22H36O5Si. The first-order valence-corrected chi connectivity index (χ1v) is 13.3. The molecule has 0 aliphatic heterocycles. The van der Waals surface area contributed by atoms with Gasteiger partial charge in [-0.2, -0.15) is 0 Å². The Bertz CT molecular complexity index is 689. The Kier molecular flexibility index (Phi) is 8.61. The summed E-state index contributed by atoms with van der Waals surface area (Å²) in [6, 6.07) is 4.77. The van der Waals surface area contributed by atoms with Gasteiger partial charge in [0.1, 0.15) is 17.5 Å². The highest BCUT2D eigenvalue weighted by Crippen LogP contribution is 2.37. The highest BCUT2D eigenvalue weighted by atomic mass is 28.3. The summed E-state index contributed by atoms with van der Waals surface area (Å²) in [7, 11) is 2.07. The SMILES string of the molecule is COc1cc(OC(C)(C)[C@H](C/C=C\C[Si](C)(C)C)OC(C)=O)c(OC)cc1C. The molecule has 0 unspecified atom stereocenters. The van der Waals surface area contributed by atoms with E-state index in [-0.39, 0.29) is 5.97 Å². The van der Waals surface area contributed by atoms with Crippen LogP contribution in [0.4, 0.5) is 0 Å². The molecule has 0 saturated heterocycles. The van der Waals surface area contributed by atoms with Crippen LogP contribution in [0, 0.1) is 6.92 Å². The van der Waals surface area contributed by atoms with Crippen molar-refractivity contribution in [3.63, 3.8) is 0 Å². The van der Waals surface area contributed by atoms with E-state index in [2.05, 4.69) is 31.8 Å². The van der Waals surface area contributed by atoms with Gasteiger partial charge in [0.05, 0.1) is 14.2 Å². The van der Waals surface area contributed by atoms with Crippen LogP contribution in [0.5, 0.6) is 17.2 Å². The molecule has 1 aromatic rings. The lowest BCUT2D eigenvalue weighted by Gasteiger charge is -2.34. The number of rotatable bonds is 10. The molecule has 0 radical (unpaired) electrons. The molecule has 1 rings (SSSR count). The van der Waals surface area contributed by atoms with E-state index < -0.39 is 19.8 Å². The van der Waals surface area contributed by atoms with Gasteiger partial charge in [-0.3, -0.25) is 4.79 Å². The molecule has 0 aliphatic carbocycles. The van der Waals surface area contributed by atoms with Gasteiger partial charge in [-0.05, 0) is 38.4 Å². The largest absolute Gasteiger partial charge is 0.496 e. The molecule has 1 atom stereocenters. The summed E-state index contributed by atoms with van der Waals surface area (Å²) in [5.41, 5.74) is 0.193. The molecule has 0 aliphatic rings. The maximum absolute atomic E-state index is 11.7. The van der Waals surface area contributed by atoms with Crippen molar-refractivity contribution in [1.82, 2.24) is 0 Å².